The van der Waals surface area contributed by atoms with Crippen LogP contribution in [0.4, 0.5) is 0 Å². The van der Waals surface area contributed by atoms with Crippen molar-refractivity contribution in [2.24, 2.45) is 12.5 Å². The number of hydrogen-bond acceptors (Lipinski definition) is 2. The van der Waals surface area contributed by atoms with Crippen molar-refractivity contribution in [3.05, 3.63) is 18.2 Å². The molecule has 2 rings (SSSR count). The highest BCUT2D eigenvalue weighted by Gasteiger charge is 2.36. The summed E-state index contributed by atoms with van der Waals surface area (Å²) in [7, 11) is 2.03. The minimum absolute atomic E-state index is 0.588. The predicted octanol–water partition coefficient (Wildman–Crippen LogP) is 1.31. The van der Waals surface area contributed by atoms with E-state index in [4.69, 9.17) is 0 Å². The van der Waals surface area contributed by atoms with Gasteiger partial charge in [-0.1, -0.05) is 6.92 Å². The molecule has 1 aliphatic carbocycles. The van der Waals surface area contributed by atoms with E-state index in [1.807, 2.05) is 19.4 Å². The summed E-state index contributed by atoms with van der Waals surface area (Å²) in [6.45, 7) is 4.34. The average molecular weight is 179 g/mol. The molecule has 1 saturated carbocycles. The molecular weight excluding hydrogens is 162 g/mol. The first kappa shape index (κ1) is 8.75. The lowest BCUT2D eigenvalue weighted by Crippen LogP contribution is -2.23. The Hall–Kier alpha value is -0.830. The summed E-state index contributed by atoms with van der Waals surface area (Å²) in [5.74, 6) is 1.12. The Morgan fingerprint density at radius 3 is 2.92 bits per heavy atom. The van der Waals surface area contributed by atoms with Gasteiger partial charge in [-0.05, 0) is 18.3 Å². The molecule has 0 bridgehead atoms. The normalized spacial score (nSPS) is 18.9. The quantitative estimate of drug-likeness (QED) is 0.755. The SMILES string of the molecule is Cn1ccnc1CNCC1(C)CC1. The molecule has 1 heterocycles. The van der Waals surface area contributed by atoms with E-state index in [0.717, 1.165) is 18.9 Å². The molecule has 72 valence electrons. The second kappa shape index (κ2) is 3.14. The highest BCUT2D eigenvalue weighted by Crippen LogP contribution is 2.43. The van der Waals surface area contributed by atoms with Crippen molar-refractivity contribution >= 4 is 0 Å². The lowest BCUT2D eigenvalue weighted by molar-refractivity contribution is 0.489. The molecule has 1 fully saturated rings. The minimum Gasteiger partial charge on any atom is -0.337 e. The Kier molecular flexibility index (Phi) is 2.12. The fourth-order valence-corrected chi connectivity index (χ4v) is 1.43. The highest BCUT2D eigenvalue weighted by atomic mass is 15.1. The largest absolute Gasteiger partial charge is 0.337 e. The molecule has 3 nitrogen and oxygen atoms in total. The fraction of sp³-hybridized carbons (Fsp3) is 0.700. The summed E-state index contributed by atoms with van der Waals surface area (Å²) in [5, 5.41) is 3.45. The lowest BCUT2D eigenvalue weighted by atomic mass is 10.1. The van der Waals surface area contributed by atoms with E-state index in [2.05, 4.69) is 21.8 Å². The van der Waals surface area contributed by atoms with Gasteiger partial charge in [-0.3, -0.25) is 0 Å². The van der Waals surface area contributed by atoms with E-state index in [-0.39, 0.29) is 0 Å². The summed E-state index contributed by atoms with van der Waals surface area (Å²) in [6, 6.07) is 0. The van der Waals surface area contributed by atoms with Crippen molar-refractivity contribution in [3.63, 3.8) is 0 Å². The third-order valence-electron chi connectivity index (χ3n) is 2.86. The van der Waals surface area contributed by atoms with Crippen molar-refractivity contribution in [1.82, 2.24) is 14.9 Å². The molecule has 13 heavy (non-hydrogen) atoms. The van der Waals surface area contributed by atoms with Crippen LogP contribution in [0.15, 0.2) is 12.4 Å². The summed E-state index contributed by atoms with van der Waals surface area (Å²) >= 11 is 0. The second-order valence-corrected chi connectivity index (χ2v) is 4.37. The van der Waals surface area contributed by atoms with Gasteiger partial charge in [0.05, 0.1) is 6.54 Å². The molecule has 0 radical (unpaired) electrons. The van der Waals surface area contributed by atoms with Crippen LogP contribution in [0.3, 0.4) is 0 Å². The molecule has 0 unspecified atom stereocenters. The third-order valence-corrected chi connectivity index (χ3v) is 2.86. The first-order chi connectivity index (χ1) is 6.20. The smallest absolute Gasteiger partial charge is 0.122 e. The molecule has 0 saturated heterocycles. The van der Waals surface area contributed by atoms with E-state index in [9.17, 15) is 0 Å². The molecule has 1 N–H and O–H groups in total. The number of rotatable bonds is 4. The van der Waals surface area contributed by atoms with Crippen LogP contribution < -0.4 is 5.32 Å². The molecule has 0 atom stereocenters. The Labute approximate surface area is 79.2 Å². The monoisotopic (exact) mass is 179 g/mol. The van der Waals surface area contributed by atoms with E-state index in [1.54, 1.807) is 0 Å². The maximum Gasteiger partial charge on any atom is 0.122 e. The first-order valence-corrected chi connectivity index (χ1v) is 4.87. The van der Waals surface area contributed by atoms with Crippen LogP contribution in [0.1, 0.15) is 25.6 Å². The molecule has 1 aromatic heterocycles. The van der Waals surface area contributed by atoms with Gasteiger partial charge in [0.25, 0.3) is 0 Å². The lowest BCUT2D eigenvalue weighted by Gasteiger charge is -2.09. The van der Waals surface area contributed by atoms with Crippen LogP contribution in [-0.2, 0) is 13.6 Å². The van der Waals surface area contributed by atoms with Crippen molar-refractivity contribution in [2.45, 2.75) is 26.3 Å². The standard InChI is InChI=1S/C10H17N3/c1-10(3-4-10)8-11-7-9-12-5-6-13(9)2/h5-6,11H,3-4,7-8H2,1-2H3. The topological polar surface area (TPSA) is 29.9 Å². The molecule has 0 aromatic carbocycles. The van der Waals surface area contributed by atoms with Crippen LogP contribution >= 0.6 is 0 Å². The summed E-state index contributed by atoms with van der Waals surface area (Å²) in [4.78, 5) is 4.26. The van der Waals surface area contributed by atoms with Crippen LogP contribution in [-0.4, -0.2) is 16.1 Å². The second-order valence-electron chi connectivity index (χ2n) is 4.37. The van der Waals surface area contributed by atoms with Gasteiger partial charge in [-0.25, -0.2) is 4.98 Å². The van der Waals surface area contributed by atoms with Gasteiger partial charge in [0, 0.05) is 26.0 Å². The average Bonchev–Trinajstić information content (AvgIpc) is 2.68. The summed E-state index contributed by atoms with van der Waals surface area (Å²) < 4.78 is 2.06. The number of aromatic nitrogens is 2. The third kappa shape index (κ3) is 2.10. The van der Waals surface area contributed by atoms with Crippen LogP contribution in [0.25, 0.3) is 0 Å². The molecule has 3 heteroatoms. The van der Waals surface area contributed by atoms with Crippen molar-refractivity contribution < 1.29 is 0 Å². The molecule has 0 amide bonds. The van der Waals surface area contributed by atoms with E-state index < -0.39 is 0 Å². The number of nitrogens with zero attached hydrogens (tertiary/aromatic N) is 2. The number of hydrogen-bond donors (Lipinski definition) is 1. The molecule has 1 aromatic rings. The zero-order valence-electron chi connectivity index (χ0n) is 8.38. The van der Waals surface area contributed by atoms with Crippen LogP contribution in [0, 0.1) is 5.41 Å². The predicted molar refractivity (Wildman–Crippen MR) is 52.3 cm³/mol. The maximum absolute atomic E-state index is 4.26. The van der Waals surface area contributed by atoms with E-state index in [0.29, 0.717) is 5.41 Å². The molecule has 0 spiro atoms. The maximum atomic E-state index is 4.26. The van der Waals surface area contributed by atoms with Crippen molar-refractivity contribution in [2.75, 3.05) is 6.54 Å². The molecular formula is C10H17N3. The van der Waals surface area contributed by atoms with Crippen molar-refractivity contribution in [3.8, 4) is 0 Å². The Balaban J connectivity index is 1.77. The van der Waals surface area contributed by atoms with Gasteiger partial charge in [0.2, 0.25) is 0 Å². The summed E-state index contributed by atoms with van der Waals surface area (Å²) in [5.41, 5.74) is 0.588. The minimum atomic E-state index is 0.588. The van der Waals surface area contributed by atoms with Gasteiger partial charge in [-0.15, -0.1) is 0 Å². The van der Waals surface area contributed by atoms with Crippen LogP contribution in [0.2, 0.25) is 0 Å². The Morgan fingerprint density at radius 2 is 2.38 bits per heavy atom. The van der Waals surface area contributed by atoms with E-state index >= 15 is 0 Å². The summed E-state index contributed by atoms with van der Waals surface area (Å²) in [6.07, 6.45) is 6.58. The van der Waals surface area contributed by atoms with Gasteiger partial charge in [-0.2, -0.15) is 0 Å². The number of imidazole rings is 1. The van der Waals surface area contributed by atoms with Crippen LogP contribution in [0.5, 0.6) is 0 Å². The van der Waals surface area contributed by atoms with Crippen molar-refractivity contribution in [1.29, 1.82) is 0 Å². The fourth-order valence-electron chi connectivity index (χ4n) is 1.43. The van der Waals surface area contributed by atoms with E-state index in [1.165, 1.54) is 12.8 Å². The molecule has 0 aliphatic heterocycles. The Morgan fingerprint density at radius 1 is 1.62 bits per heavy atom. The van der Waals surface area contributed by atoms with Gasteiger partial charge in [0.15, 0.2) is 0 Å². The highest BCUT2D eigenvalue weighted by molar-refractivity contribution is 4.93. The first-order valence-electron chi connectivity index (χ1n) is 4.87. The number of nitrogens with one attached hydrogen (secondary N) is 1. The Bertz CT molecular complexity index is 286. The molecule has 1 aliphatic rings. The van der Waals surface area contributed by atoms with Gasteiger partial charge < -0.3 is 9.88 Å². The zero-order chi connectivity index (χ0) is 9.31. The van der Waals surface area contributed by atoms with Gasteiger partial charge in [0.1, 0.15) is 5.82 Å². The van der Waals surface area contributed by atoms with Gasteiger partial charge >= 0.3 is 0 Å². The number of aryl methyl sites for hydroxylation is 1. The zero-order valence-corrected chi connectivity index (χ0v) is 8.38.